The van der Waals surface area contributed by atoms with Gasteiger partial charge in [0.1, 0.15) is 0 Å². The maximum Gasteiger partial charge on any atom is 0.306 e. The van der Waals surface area contributed by atoms with Crippen molar-refractivity contribution < 1.29 is 14.7 Å². The van der Waals surface area contributed by atoms with Crippen LogP contribution < -0.4 is 5.32 Å². The van der Waals surface area contributed by atoms with Crippen molar-refractivity contribution in [3.8, 4) is 0 Å². The van der Waals surface area contributed by atoms with Gasteiger partial charge in [0.05, 0.1) is 5.92 Å². The van der Waals surface area contributed by atoms with Crippen LogP contribution in [0.3, 0.4) is 0 Å². The van der Waals surface area contributed by atoms with E-state index in [4.69, 9.17) is 5.11 Å². The number of nitrogens with one attached hydrogen (secondary N) is 1. The highest BCUT2D eigenvalue weighted by molar-refractivity contribution is 7.07. The van der Waals surface area contributed by atoms with Gasteiger partial charge in [-0.3, -0.25) is 9.59 Å². The van der Waals surface area contributed by atoms with Crippen molar-refractivity contribution in [1.29, 1.82) is 0 Å². The molecule has 0 saturated heterocycles. The summed E-state index contributed by atoms with van der Waals surface area (Å²) >= 11 is 1.60. The maximum absolute atomic E-state index is 12.0. The lowest BCUT2D eigenvalue weighted by molar-refractivity contribution is -0.144. The highest BCUT2D eigenvalue weighted by Crippen LogP contribution is 2.29. The lowest BCUT2D eigenvalue weighted by Gasteiger charge is -2.25. The molecule has 1 amide bonds. The average Bonchev–Trinajstić information content (AvgIpc) is 2.89. The van der Waals surface area contributed by atoms with Gasteiger partial charge in [-0.1, -0.05) is 6.42 Å². The first-order chi connectivity index (χ1) is 8.66. The number of carboxylic acids is 1. The van der Waals surface area contributed by atoms with Gasteiger partial charge in [0.25, 0.3) is 0 Å². The second-order valence-corrected chi connectivity index (χ2v) is 5.53. The van der Waals surface area contributed by atoms with E-state index in [2.05, 4.69) is 5.32 Å². The number of carboxylic acid groups (broad SMARTS) is 1. The summed E-state index contributed by atoms with van der Waals surface area (Å²) in [6, 6.07) is 1.98. The third-order valence-electron chi connectivity index (χ3n) is 3.44. The minimum atomic E-state index is -0.773. The van der Waals surface area contributed by atoms with Gasteiger partial charge in [-0.2, -0.15) is 11.3 Å². The topological polar surface area (TPSA) is 66.4 Å². The highest BCUT2D eigenvalue weighted by atomic mass is 32.1. The summed E-state index contributed by atoms with van der Waals surface area (Å²) in [5.41, 5.74) is 1.10. The first kappa shape index (κ1) is 13.1. The molecule has 0 aromatic carbocycles. The average molecular weight is 267 g/mol. The molecular weight excluding hydrogens is 250 g/mol. The van der Waals surface area contributed by atoms with Gasteiger partial charge < -0.3 is 10.4 Å². The lowest BCUT2D eigenvalue weighted by Crippen LogP contribution is -2.35. The van der Waals surface area contributed by atoms with Crippen LogP contribution in [0.15, 0.2) is 16.8 Å². The van der Waals surface area contributed by atoms with E-state index in [1.54, 1.807) is 11.3 Å². The van der Waals surface area contributed by atoms with Crippen LogP contribution >= 0.6 is 11.3 Å². The number of hydrogen-bond acceptors (Lipinski definition) is 3. The van der Waals surface area contributed by atoms with Gasteiger partial charge in [0, 0.05) is 12.5 Å². The van der Waals surface area contributed by atoms with E-state index in [1.165, 1.54) is 0 Å². The Bertz CT molecular complexity index is 416. The fourth-order valence-electron chi connectivity index (χ4n) is 2.38. The van der Waals surface area contributed by atoms with Crippen molar-refractivity contribution in [3.63, 3.8) is 0 Å². The molecule has 4 nitrogen and oxygen atoms in total. The molecule has 2 rings (SSSR count). The van der Waals surface area contributed by atoms with Crippen LogP contribution in [0.1, 0.15) is 31.2 Å². The molecule has 1 aliphatic carbocycles. The minimum Gasteiger partial charge on any atom is -0.481 e. The number of carbonyl (C=O) groups is 2. The lowest BCUT2D eigenvalue weighted by atomic mass is 9.81. The third kappa shape index (κ3) is 3.32. The summed E-state index contributed by atoms with van der Waals surface area (Å²) < 4.78 is 0. The Morgan fingerprint density at radius 1 is 1.39 bits per heavy atom. The van der Waals surface area contributed by atoms with Crippen molar-refractivity contribution in [3.05, 3.63) is 22.4 Å². The number of hydrogen-bond donors (Lipinski definition) is 2. The summed E-state index contributed by atoms with van der Waals surface area (Å²) in [7, 11) is 0. The van der Waals surface area contributed by atoms with E-state index in [0.29, 0.717) is 19.4 Å². The molecule has 5 heteroatoms. The zero-order chi connectivity index (χ0) is 13.0. The SMILES string of the molecule is O=C(O)C1CCCC(C(=O)NCc2ccsc2)C1. The van der Waals surface area contributed by atoms with Crippen LogP contribution in [0.25, 0.3) is 0 Å². The number of aliphatic carboxylic acids is 1. The van der Waals surface area contributed by atoms with E-state index in [9.17, 15) is 9.59 Å². The molecule has 1 heterocycles. The van der Waals surface area contributed by atoms with Crippen molar-refractivity contribution in [1.82, 2.24) is 5.32 Å². The Morgan fingerprint density at radius 2 is 2.17 bits per heavy atom. The van der Waals surface area contributed by atoms with E-state index in [0.717, 1.165) is 18.4 Å². The fourth-order valence-corrected chi connectivity index (χ4v) is 3.05. The van der Waals surface area contributed by atoms with E-state index < -0.39 is 5.97 Å². The normalized spacial score (nSPS) is 23.6. The molecule has 0 aliphatic heterocycles. The molecule has 2 unspecified atom stereocenters. The largest absolute Gasteiger partial charge is 0.481 e. The molecule has 2 atom stereocenters. The van der Waals surface area contributed by atoms with E-state index >= 15 is 0 Å². The molecule has 2 N–H and O–H groups in total. The van der Waals surface area contributed by atoms with Crippen LogP contribution in [-0.2, 0) is 16.1 Å². The molecule has 1 saturated carbocycles. The van der Waals surface area contributed by atoms with Gasteiger partial charge in [-0.25, -0.2) is 0 Å². The number of amides is 1. The van der Waals surface area contributed by atoms with Gasteiger partial charge in [0.15, 0.2) is 0 Å². The van der Waals surface area contributed by atoms with Crippen molar-refractivity contribution >= 4 is 23.2 Å². The minimum absolute atomic E-state index is 0.00727. The van der Waals surface area contributed by atoms with Crippen LogP contribution in [-0.4, -0.2) is 17.0 Å². The first-order valence-corrected chi connectivity index (χ1v) is 7.12. The molecular formula is C13H17NO3S. The van der Waals surface area contributed by atoms with Gasteiger partial charge in [0.2, 0.25) is 5.91 Å². The smallest absolute Gasteiger partial charge is 0.306 e. The second-order valence-electron chi connectivity index (χ2n) is 4.75. The highest BCUT2D eigenvalue weighted by Gasteiger charge is 2.30. The summed E-state index contributed by atoms with van der Waals surface area (Å²) in [5, 5.41) is 15.9. The summed E-state index contributed by atoms with van der Waals surface area (Å²) in [6.07, 6.45) is 2.81. The first-order valence-electron chi connectivity index (χ1n) is 6.18. The monoisotopic (exact) mass is 267 g/mol. The number of rotatable bonds is 4. The molecule has 1 aliphatic rings. The molecule has 1 aromatic rings. The Kier molecular flexibility index (Phi) is 4.36. The standard InChI is InChI=1S/C13H17NO3S/c15-12(14-7-9-4-5-18-8-9)10-2-1-3-11(6-10)13(16)17/h4-5,8,10-11H,1-3,6-7H2,(H,14,15)(H,16,17). The predicted molar refractivity (Wildman–Crippen MR) is 69.2 cm³/mol. The Labute approximate surface area is 110 Å². The molecule has 98 valence electrons. The van der Waals surface area contributed by atoms with Gasteiger partial charge >= 0.3 is 5.97 Å². The summed E-state index contributed by atoms with van der Waals surface area (Å²) in [4.78, 5) is 22.9. The number of carbonyl (C=O) groups excluding carboxylic acids is 1. The Balaban J connectivity index is 1.83. The van der Waals surface area contributed by atoms with E-state index in [-0.39, 0.29) is 17.7 Å². The number of thiophene rings is 1. The molecule has 0 spiro atoms. The van der Waals surface area contributed by atoms with Crippen LogP contribution in [0.4, 0.5) is 0 Å². The molecule has 0 bridgehead atoms. The van der Waals surface area contributed by atoms with Crippen molar-refractivity contribution in [2.45, 2.75) is 32.2 Å². The van der Waals surface area contributed by atoms with Crippen molar-refractivity contribution in [2.24, 2.45) is 11.8 Å². The Morgan fingerprint density at radius 3 is 2.83 bits per heavy atom. The zero-order valence-corrected chi connectivity index (χ0v) is 10.9. The van der Waals surface area contributed by atoms with Crippen molar-refractivity contribution in [2.75, 3.05) is 0 Å². The van der Waals surface area contributed by atoms with Gasteiger partial charge in [-0.15, -0.1) is 0 Å². The quantitative estimate of drug-likeness (QED) is 0.879. The molecule has 1 fully saturated rings. The molecule has 18 heavy (non-hydrogen) atoms. The van der Waals surface area contributed by atoms with Crippen LogP contribution in [0.5, 0.6) is 0 Å². The van der Waals surface area contributed by atoms with Gasteiger partial charge in [-0.05, 0) is 41.7 Å². The fraction of sp³-hybridized carbons (Fsp3) is 0.538. The van der Waals surface area contributed by atoms with E-state index in [1.807, 2.05) is 16.8 Å². The Hall–Kier alpha value is -1.36. The summed E-state index contributed by atoms with van der Waals surface area (Å²) in [6.45, 7) is 0.538. The zero-order valence-electron chi connectivity index (χ0n) is 10.1. The molecule has 0 radical (unpaired) electrons. The summed E-state index contributed by atoms with van der Waals surface area (Å²) in [5.74, 6) is -1.27. The molecule has 1 aromatic heterocycles. The van der Waals surface area contributed by atoms with Crippen LogP contribution in [0, 0.1) is 11.8 Å². The second kappa shape index (κ2) is 6.00. The third-order valence-corrected chi connectivity index (χ3v) is 4.17. The maximum atomic E-state index is 12.0. The van der Waals surface area contributed by atoms with Crippen LogP contribution in [0.2, 0.25) is 0 Å². The predicted octanol–water partition coefficient (Wildman–Crippen LogP) is 2.26.